The molecule has 0 saturated carbocycles. The van der Waals surface area contributed by atoms with E-state index in [1.807, 2.05) is 6.08 Å². The zero-order valence-corrected chi connectivity index (χ0v) is 14.1. The van der Waals surface area contributed by atoms with Crippen LogP contribution in [0.3, 0.4) is 0 Å². The molecule has 0 radical (unpaired) electrons. The van der Waals surface area contributed by atoms with Gasteiger partial charge in [0.25, 0.3) is 0 Å². The molecule has 0 aromatic carbocycles. The number of aliphatic hydroxyl groups excluding tert-OH is 1. The number of hydrogen-bond donors (Lipinski definition) is 1. The maximum absolute atomic E-state index is 10.6. The molecule has 3 aliphatic carbocycles. The Kier molecular flexibility index (Phi) is 3.43. The van der Waals surface area contributed by atoms with Gasteiger partial charge in [-0.1, -0.05) is 24.3 Å². The summed E-state index contributed by atoms with van der Waals surface area (Å²) in [7, 11) is 5.91. The Morgan fingerprint density at radius 3 is 2.87 bits per heavy atom. The molecule has 1 fully saturated rings. The Hall–Kier alpha value is -1.52. The Bertz CT molecular complexity index is 643. The third-order valence-electron chi connectivity index (χ3n) is 5.79. The van der Waals surface area contributed by atoms with E-state index in [1.54, 1.807) is 7.11 Å². The maximum atomic E-state index is 10.6. The van der Waals surface area contributed by atoms with Gasteiger partial charge in [-0.15, -0.1) is 0 Å². The van der Waals surface area contributed by atoms with Crippen molar-refractivity contribution >= 4 is 0 Å². The number of hydrogen-bond acceptors (Lipinski definition) is 4. The molecule has 1 aliphatic heterocycles. The zero-order valence-electron chi connectivity index (χ0n) is 14.1. The predicted octanol–water partition coefficient (Wildman–Crippen LogP) is 2.39. The second-order valence-electron chi connectivity index (χ2n) is 7.25. The minimum atomic E-state index is -0.565. The van der Waals surface area contributed by atoms with Crippen LogP contribution in [0.15, 0.2) is 47.0 Å². The Morgan fingerprint density at radius 1 is 1.30 bits per heavy atom. The molecule has 1 N–H and O–H groups in total. The highest BCUT2D eigenvalue weighted by Crippen LogP contribution is 2.61. The number of ether oxygens (including phenoxy) is 2. The minimum absolute atomic E-state index is 0.165. The summed E-state index contributed by atoms with van der Waals surface area (Å²) in [5, 5.41) is 10.6. The molecule has 23 heavy (non-hydrogen) atoms. The van der Waals surface area contributed by atoms with Crippen LogP contribution in [0.1, 0.15) is 19.3 Å². The summed E-state index contributed by atoms with van der Waals surface area (Å²) in [6.45, 7) is 0.969. The van der Waals surface area contributed by atoms with Crippen molar-refractivity contribution in [3.05, 3.63) is 47.0 Å². The van der Waals surface area contributed by atoms with E-state index in [9.17, 15) is 5.11 Å². The Balaban J connectivity index is 1.89. The largest absolute Gasteiger partial charge is 0.497 e. The molecule has 4 aliphatic rings. The van der Waals surface area contributed by atoms with E-state index >= 15 is 0 Å². The lowest BCUT2D eigenvalue weighted by Crippen LogP contribution is -2.49. The highest BCUT2D eigenvalue weighted by Gasteiger charge is 2.60. The molecule has 4 heteroatoms. The van der Waals surface area contributed by atoms with Crippen LogP contribution in [0.5, 0.6) is 0 Å². The molecule has 4 rings (SSSR count). The summed E-state index contributed by atoms with van der Waals surface area (Å²) in [5.41, 5.74) is 2.49. The van der Waals surface area contributed by atoms with Gasteiger partial charge in [-0.25, -0.2) is 0 Å². The second kappa shape index (κ2) is 5.25. The molecule has 1 heterocycles. The molecule has 0 amide bonds. The quantitative estimate of drug-likeness (QED) is 0.809. The topological polar surface area (TPSA) is 41.9 Å². The smallest absolute Gasteiger partial charge is 0.161 e. The van der Waals surface area contributed by atoms with Crippen molar-refractivity contribution < 1.29 is 14.6 Å². The van der Waals surface area contributed by atoms with Gasteiger partial charge in [-0.05, 0) is 39.1 Å². The first-order valence-electron chi connectivity index (χ1n) is 8.45. The van der Waals surface area contributed by atoms with Crippen LogP contribution in [0.2, 0.25) is 0 Å². The second-order valence-corrected chi connectivity index (χ2v) is 7.25. The van der Waals surface area contributed by atoms with E-state index in [0.29, 0.717) is 0 Å². The van der Waals surface area contributed by atoms with Crippen LogP contribution in [0.25, 0.3) is 0 Å². The lowest BCUT2D eigenvalue weighted by molar-refractivity contribution is -0.0352. The van der Waals surface area contributed by atoms with Crippen molar-refractivity contribution in [2.24, 2.45) is 11.3 Å². The van der Waals surface area contributed by atoms with Crippen LogP contribution in [0, 0.1) is 11.3 Å². The molecular formula is C19H25NO3. The first kappa shape index (κ1) is 15.0. The lowest BCUT2D eigenvalue weighted by Gasteiger charge is -2.45. The highest BCUT2D eigenvalue weighted by atomic mass is 16.5. The summed E-state index contributed by atoms with van der Waals surface area (Å²) in [6, 6.07) is 0. The first-order valence-corrected chi connectivity index (χ1v) is 8.45. The molecular weight excluding hydrogens is 290 g/mol. The number of allylic oxidation sites excluding steroid dienone is 6. The van der Waals surface area contributed by atoms with Crippen molar-refractivity contribution in [1.82, 2.24) is 4.90 Å². The number of methoxy groups -OCH3 is 1. The molecule has 0 aromatic heterocycles. The average Bonchev–Trinajstić information content (AvgIpc) is 2.90. The van der Waals surface area contributed by atoms with Crippen LogP contribution in [0.4, 0.5) is 0 Å². The molecule has 1 saturated heterocycles. The van der Waals surface area contributed by atoms with Crippen molar-refractivity contribution in [2.75, 3.05) is 27.7 Å². The van der Waals surface area contributed by atoms with Gasteiger partial charge in [-0.2, -0.15) is 0 Å². The van der Waals surface area contributed by atoms with Gasteiger partial charge < -0.3 is 19.5 Å². The minimum Gasteiger partial charge on any atom is -0.497 e. The van der Waals surface area contributed by atoms with Gasteiger partial charge in [0.2, 0.25) is 0 Å². The summed E-state index contributed by atoms with van der Waals surface area (Å²) in [5.74, 6) is 2.11. The fourth-order valence-corrected chi connectivity index (χ4v) is 4.68. The summed E-state index contributed by atoms with van der Waals surface area (Å²) >= 11 is 0. The Labute approximate surface area is 137 Å². The summed E-state index contributed by atoms with van der Waals surface area (Å²) in [4.78, 5) is 2.21. The normalized spacial score (nSPS) is 37.3. The van der Waals surface area contributed by atoms with E-state index < -0.39 is 6.10 Å². The summed E-state index contributed by atoms with van der Waals surface area (Å²) in [6.07, 6.45) is 10.7. The first-order chi connectivity index (χ1) is 11.1. The van der Waals surface area contributed by atoms with Gasteiger partial charge >= 0.3 is 0 Å². The molecule has 4 unspecified atom stereocenters. The third-order valence-corrected chi connectivity index (χ3v) is 5.79. The van der Waals surface area contributed by atoms with Gasteiger partial charge in [-0.3, -0.25) is 0 Å². The summed E-state index contributed by atoms with van der Waals surface area (Å²) < 4.78 is 11.9. The SMILES string of the molecule is COC1=C2OC3C(O)C=CC4C=CC(=C2C43CCN(C)C)CC1. The number of aliphatic hydroxyl groups is 1. The van der Waals surface area contributed by atoms with Crippen molar-refractivity contribution in [3.63, 3.8) is 0 Å². The maximum Gasteiger partial charge on any atom is 0.161 e. The van der Waals surface area contributed by atoms with Gasteiger partial charge in [0.05, 0.1) is 12.5 Å². The predicted molar refractivity (Wildman–Crippen MR) is 88.5 cm³/mol. The molecule has 124 valence electrons. The molecule has 4 nitrogen and oxygen atoms in total. The van der Waals surface area contributed by atoms with E-state index in [0.717, 1.165) is 37.3 Å². The molecule has 4 atom stereocenters. The number of nitrogens with zero attached hydrogens (tertiary/aromatic N) is 1. The van der Waals surface area contributed by atoms with E-state index in [4.69, 9.17) is 9.47 Å². The van der Waals surface area contributed by atoms with Crippen molar-refractivity contribution in [1.29, 1.82) is 0 Å². The zero-order chi connectivity index (χ0) is 16.2. The van der Waals surface area contributed by atoms with Crippen LogP contribution in [-0.2, 0) is 9.47 Å². The van der Waals surface area contributed by atoms with Gasteiger partial charge in [0.15, 0.2) is 5.76 Å². The van der Waals surface area contributed by atoms with Crippen LogP contribution < -0.4 is 0 Å². The monoisotopic (exact) mass is 315 g/mol. The van der Waals surface area contributed by atoms with Gasteiger partial charge in [0, 0.05) is 17.9 Å². The van der Waals surface area contributed by atoms with Crippen LogP contribution in [-0.4, -0.2) is 50.0 Å². The fourth-order valence-electron chi connectivity index (χ4n) is 4.68. The van der Waals surface area contributed by atoms with E-state index in [2.05, 4.69) is 37.2 Å². The third kappa shape index (κ3) is 1.98. The van der Waals surface area contributed by atoms with Crippen molar-refractivity contribution in [3.8, 4) is 0 Å². The van der Waals surface area contributed by atoms with E-state index in [-0.39, 0.29) is 17.4 Å². The lowest BCUT2D eigenvalue weighted by atomic mass is 9.57. The van der Waals surface area contributed by atoms with E-state index in [1.165, 1.54) is 11.1 Å². The fraction of sp³-hybridized carbons (Fsp3) is 0.579. The van der Waals surface area contributed by atoms with Gasteiger partial charge in [0.1, 0.15) is 18.0 Å². The van der Waals surface area contributed by atoms with Crippen molar-refractivity contribution in [2.45, 2.75) is 31.5 Å². The highest BCUT2D eigenvalue weighted by molar-refractivity contribution is 5.55. The molecule has 0 bridgehead atoms. The standard InChI is InChI=1S/C19H25NO3/c1-20(2)11-10-19-13-6-4-12-5-9-15(22-3)17(16(12)19)23-18(19)14(21)8-7-13/h4,6-8,13-14,18,21H,5,9-11H2,1-3H3. The molecule has 0 spiro atoms. The Morgan fingerprint density at radius 2 is 2.13 bits per heavy atom. The van der Waals surface area contributed by atoms with Crippen LogP contribution >= 0.6 is 0 Å². The molecule has 0 aromatic rings. The average molecular weight is 315 g/mol. The number of rotatable bonds is 4.